The van der Waals surface area contributed by atoms with Gasteiger partial charge in [-0.2, -0.15) is 5.10 Å². The van der Waals surface area contributed by atoms with Crippen LogP contribution in [0.2, 0.25) is 0 Å². The summed E-state index contributed by atoms with van der Waals surface area (Å²) in [5.74, 6) is 1.51. The molecule has 2 rings (SSSR count). The molecule has 60 valence electrons. The summed E-state index contributed by atoms with van der Waals surface area (Å²) in [7, 11) is 0. The van der Waals surface area contributed by atoms with E-state index in [2.05, 4.69) is 15.2 Å². The molecule has 0 aliphatic rings. The van der Waals surface area contributed by atoms with Gasteiger partial charge in [0.2, 0.25) is 0 Å². The van der Waals surface area contributed by atoms with Crippen LogP contribution >= 0.6 is 0 Å². The molecule has 0 saturated carbocycles. The molecule has 0 radical (unpaired) electrons. The van der Waals surface area contributed by atoms with E-state index in [-0.39, 0.29) is 0 Å². The summed E-state index contributed by atoms with van der Waals surface area (Å²) in [5, 5.41) is 6.41. The zero-order chi connectivity index (χ0) is 8.23. The Morgan fingerprint density at radius 1 is 1.42 bits per heavy atom. The van der Waals surface area contributed by atoms with Crippen LogP contribution in [0, 0.1) is 0 Å². The molecular weight excluding hydrogens is 154 g/mol. The smallest absolute Gasteiger partial charge is 0.148 e. The zero-order valence-corrected chi connectivity index (χ0v) is 6.27. The zero-order valence-electron chi connectivity index (χ0n) is 6.27. The van der Waals surface area contributed by atoms with Crippen molar-refractivity contribution in [2.24, 2.45) is 0 Å². The highest BCUT2D eigenvalue weighted by molar-refractivity contribution is 5.63. The highest BCUT2D eigenvalue weighted by Crippen LogP contribution is 2.04. The van der Waals surface area contributed by atoms with Crippen LogP contribution in [0.1, 0.15) is 11.6 Å². The normalized spacial score (nSPS) is 11.0. The van der Waals surface area contributed by atoms with Crippen LogP contribution in [0.15, 0.2) is 29.1 Å². The van der Waals surface area contributed by atoms with Gasteiger partial charge in [-0.1, -0.05) is 0 Å². The lowest BCUT2D eigenvalue weighted by Gasteiger charge is -1.81. The monoisotopic (exact) mass is 161 g/mol. The van der Waals surface area contributed by atoms with Gasteiger partial charge in [0.15, 0.2) is 0 Å². The molecule has 0 unspecified atom stereocenters. The summed E-state index contributed by atoms with van der Waals surface area (Å²) >= 11 is 0. The van der Waals surface area contributed by atoms with Gasteiger partial charge in [0, 0.05) is 0 Å². The highest BCUT2D eigenvalue weighted by Gasteiger charge is 1.89. The summed E-state index contributed by atoms with van der Waals surface area (Å²) in [6.07, 6.45) is 6.70. The molecule has 0 atom stereocenters. The Morgan fingerprint density at radius 3 is 3.08 bits per heavy atom. The standard InChI is InChI=1S/C8H7N3O/c1-2-7(12-5-1)3-4-8-9-6-10-11-8/h1-6H,(H,9,10,11). The molecule has 0 saturated heterocycles. The lowest BCUT2D eigenvalue weighted by Crippen LogP contribution is -1.73. The van der Waals surface area contributed by atoms with E-state index in [1.165, 1.54) is 6.33 Å². The molecule has 4 heteroatoms. The highest BCUT2D eigenvalue weighted by atomic mass is 16.3. The summed E-state index contributed by atoms with van der Waals surface area (Å²) in [5.41, 5.74) is 0. The average Bonchev–Trinajstić information content (AvgIpc) is 2.74. The molecule has 0 spiro atoms. The molecule has 0 fully saturated rings. The van der Waals surface area contributed by atoms with Gasteiger partial charge >= 0.3 is 0 Å². The fourth-order valence-corrected chi connectivity index (χ4v) is 0.842. The number of furan rings is 1. The first kappa shape index (κ1) is 6.84. The third kappa shape index (κ3) is 1.42. The quantitative estimate of drug-likeness (QED) is 0.727. The Kier molecular flexibility index (Phi) is 1.74. The molecule has 0 amide bonds. The van der Waals surface area contributed by atoms with Crippen LogP contribution in [0.25, 0.3) is 12.2 Å². The first-order chi connectivity index (χ1) is 5.95. The van der Waals surface area contributed by atoms with Crippen molar-refractivity contribution in [2.45, 2.75) is 0 Å². The second-order valence-corrected chi connectivity index (χ2v) is 2.22. The van der Waals surface area contributed by atoms with Crippen LogP contribution < -0.4 is 0 Å². The van der Waals surface area contributed by atoms with Crippen molar-refractivity contribution in [3.8, 4) is 0 Å². The van der Waals surface area contributed by atoms with Crippen molar-refractivity contribution < 1.29 is 4.42 Å². The molecular formula is C8H7N3O. The summed E-state index contributed by atoms with van der Waals surface area (Å²) in [6.45, 7) is 0. The first-order valence-electron chi connectivity index (χ1n) is 3.52. The molecule has 1 N–H and O–H groups in total. The van der Waals surface area contributed by atoms with E-state index in [4.69, 9.17) is 4.42 Å². The maximum atomic E-state index is 5.08. The number of nitrogens with one attached hydrogen (secondary N) is 1. The summed E-state index contributed by atoms with van der Waals surface area (Å²) < 4.78 is 5.08. The minimum Gasteiger partial charge on any atom is -0.465 e. The van der Waals surface area contributed by atoms with Gasteiger partial charge in [-0.05, 0) is 24.3 Å². The van der Waals surface area contributed by atoms with Crippen molar-refractivity contribution in [2.75, 3.05) is 0 Å². The fourth-order valence-electron chi connectivity index (χ4n) is 0.842. The molecule has 0 bridgehead atoms. The maximum absolute atomic E-state index is 5.08. The number of H-pyrrole nitrogens is 1. The van der Waals surface area contributed by atoms with Crippen LogP contribution in [-0.4, -0.2) is 15.2 Å². The van der Waals surface area contributed by atoms with E-state index in [0.29, 0.717) is 5.82 Å². The Balaban J connectivity index is 2.14. The number of rotatable bonds is 2. The van der Waals surface area contributed by atoms with E-state index in [1.54, 1.807) is 12.3 Å². The maximum Gasteiger partial charge on any atom is 0.148 e. The summed E-state index contributed by atoms with van der Waals surface area (Å²) in [6, 6.07) is 3.70. The van der Waals surface area contributed by atoms with E-state index in [9.17, 15) is 0 Å². The van der Waals surface area contributed by atoms with E-state index >= 15 is 0 Å². The van der Waals surface area contributed by atoms with Crippen LogP contribution in [-0.2, 0) is 0 Å². The molecule has 0 aliphatic carbocycles. The number of hydrogen-bond donors (Lipinski definition) is 1. The Hall–Kier alpha value is -1.84. The lowest BCUT2D eigenvalue weighted by molar-refractivity contribution is 0.557. The number of aromatic nitrogens is 3. The van der Waals surface area contributed by atoms with E-state index in [1.807, 2.05) is 18.2 Å². The average molecular weight is 161 g/mol. The topological polar surface area (TPSA) is 54.7 Å². The molecule has 2 heterocycles. The Morgan fingerprint density at radius 2 is 2.42 bits per heavy atom. The molecule has 2 aromatic heterocycles. The van der Waals surface area contributed by atoms with Crippen LogP contribution in [0.5, 0.6) is 0 Å². The minimum absolute atomic E-state index is 0.714. The van der Waals surface area contributed by atoms with Gasteiger partial charge in [0.1, 0.15) is 17.9 Å². The van der Waals surface area contributed by atoms with Crippen molar-refractivity contribution in [1.29, 1.82) is 0 Å². The number of aromatic amines is 1. The molecule has 4 nitrogen and oxygen atoms in total. The molecule has 2 aromatic rings. The third-order valence-electron chi connectivity index (χ3n) is 1.38. The van der Waals surface area contributed by atoms with Gasteiger partial charge < -0.3 is 4.42 Å². The Labute approximate surface area is 68.9 Å². The Bertz CT molecular complexity index is 311. The molecule has 12 heavy (non-hydrogen) atoms. The van der Waals surface area contributed by atoms with Crippen LogP contribution in [0.4, 0.5) is 0 Å². The van der Waals surface area contributed by atoms with Gasteiger partial charge in [-0.15, -0.1) is 0 Å². The number of nitrogens with zero attached hydrogens (tertiary/aromatic N) is 2. The van der Waals surface area contributed by atoms with E-state index in [0.717, 1.165) is 5.76 Å². The first-order valence-corrected chi connectivity index (χ1v) is 3.52. The SMILES string of the molecule is C(=Cc1ccco1)c1ncn[nH]1. The van der Waals surface area contributed by atoms with Crippen molar-refractivity contribution in [3.63, 3.8) is 0 Å². The fraction of sp³-hybridized carbons (Fsp3) is 0. The van der Waals surface area contributed by atoms with Crippen molar-refractivity contribution in [3.05, 3.63) is 36.3 Å². The predicted octanol–water partition coefficient (Wildman–Crippen LogP) is 1.57. The largest absolute Gasteiger partial charge is 0.465 e. The molecule has 0 aromatic carbocycles. The van der Waals surface area contributed by atoms with Crippen LogP contribution in [0.3, 0.4) is 0 Å². The second kappa shape index (κ2) is 3.04. The second-order valence-electron chi connectivity index (χ2n) is 2.22. The van der Waals surface area contributed by atoms with Gasteiger partial charge in [-0.3, -0.25) is 5.10 Å². The number of hydrogen-bond acceptors (Lipinski definition) is 3. The van der Waals surface area contributed by atoms with Crippen molar-refractivity contribution >= 4 is 12.2 Å². The van der Waals surface area contributed by atoms with Gasteiger partial charge in [0.25, 0.3) is 0 Å². The lowest BCUT2D eigenvalue weighted by atomic mass is 10.4. The molecule has 0 aliphatic heterocycles. The minimum atomic E-state index is 0.714. The van der Waals surface area contributed by atoms with Crippen molar-refractivity contribution in [1.82, 2.24) is 15.2 Å². The van der Waals surface area contributed by atoms with Gasteiger partial charge in [-0.25, -0.2) is 4.98 Å². The summed E-state index contributed by atoms with van der Waals surface area (Å²) in [4.78, 5) is 3.92. The van der Waals surface area contributed by atoms with Gasteiger partial charge in [0.05, 0.1) is 6.26 Å². The third-order valence-corrected chi connectivity index (χ3v) is 1.38. The van der Waals surface area contributed by atoms with E-state index < -0.39 is 0 Å². The predicted molar refractivity (Wildman–Crippen MR) is 44.0 cm³/mol.